The normalized spacial score (nSPS) is 28.5. The predicted molar refractivity (Wildman–Crippen MR) is 79.3 cm³/mol. The minimum absolute atomic E-state index is 0.0344. The molecule has 22 heavy (non-hydrogen) atoms. The number of aromatic nitrogens is 1. The Balaban J connectivity index is 1.80. The van der Waals surface area contributed by atoms with E-state index in [0.717, 1.165) is 19.3 Å². The van der Waals surface area contributed by atoms with Crippen molar-refractivity contribution in [2.45, 2.75) is 31.4 Å². The maximum atomic E-state index is 12.8. The molecular weight excluding hydrogens is 282 g/mol. The number of rotatable bonds is 3. The van der Waals surface area contributed by atoms with Gasteiger partial charge >= 0.3 is 0 Å². The molecule has 1 aromatic heterocycles. The summed E-state index contributed by atoms with van der Waals surface area (Å²) in [6.07, 6.45) is 5.04. The van der Waals surface area contributed by atoms with Crippen LogP contribution in [0, 0.1) is 17.2 Å². The smallest absolute Gasteiger partial charge is 0.255 e. The molecule has 2 heterocycles. The highest BCUT2D eigenvalue weighted by molar-refractivity contribution is 5.94. The van der Waals surface area contributed by atoms with E-state index in [2.05, 4.69) is 4.98 Å². The van der Waals surface area contributed by atoms with E-state index in [1.807, 2.05) is 11.0 Å². The van der Waals surface area contributed by atoms with Crippen LogP contribution in [0.25, 0.3) is 0 Å². The largest absolute Gasteiger partial charge is 0.381 e. The molecule has 0 aromatic carbocycles. The maximum Gasteiger partial charge on any atom is 0.255 e. The highest BCUT2D eigenvalue weighted by Gasteiger charge is 2.40. The van der Waals surface area contributed by atoms with Gasteiger partial charge in [-0.2, -0.15) is 5.26 Å². The molecule has 1 aliphatic carbocycles. The van der Waals surface area contributed by atoms with Gasteiger partial charge in [0.25, 0.3) is 5.91 Å². The first-order valence-electron chi connectivity index (χ1n) is 7.74. The van der Waals surface area contributed by atoms with Gasteiger partial charge in [-0.3, -0.25) is 4.79 Å². The summed E-state index contributed by atoms with van der Waals surface area (Å²) in [7, 11) is 1.74. The van der Waals surface area contributed by atoms with Crippen LogP contribution in [0.5, 0.6) is 0 Å². The minimum atomic E-state index is -0.0344. The molecule has 1 saturated heterocycles. The van der Waals surface area contributed by atoms with Gasteiger partial charge in [-0.15, -0.1) is 0 Å². The molecule has 1 aromatic rings. The Morgan fingerprint density at radius 2 is 2.41 bits per heavy atom. The van der Waals surface area contributed by atoms with Gasteiger partial charge in [0.2, 0.25) is 0 Å². The summed E-state index contributed by atoms with van der Waals surface area (Å²) in [4.78, 5) is 17.5. The molecule has 0 spiro atoms. The third-order valence-corrected chi connectivity index (χ3v) is 4.78. The topological polar surface area (TPSA) is 78.3 Å². The molecule has 3 atom stereocenters. The van der Waals surface area contributed by atoms with Gasteiger partial charge in [-0.05, 0) is 18.9 Å². The third kappa shape index (κ3) is 2.74. The van der Waals surface area contributed by atoms with Gasteiger partial charge in [0.15, 0.2) is 0 Å². The van der Waals surface area contributed by atoms with Crippen LogP contribution in [0.15, 0.2) is 12.3 Å². The number of carbonyl (C=O) groups is 1. The summed E-state index contributed by atoms with van der Waals surface area (Å²) in [6.45, 7) is 1.71. The van der Waals surface area contributed by atoms with E-state index in [0.29, 0.717) is 36.9 Å². The zero-order chi connectivity index (χ0) is 15.5. The van der Waals surface area contributed by atoms with Crippen molar-refractivity contribution < 1.29 is 14.3 Å². The van der Waals surface area contributed by atoms with Crippen molar-refractivity contribution in [2.24, 2.45) is 5.92 Å². The summed E-state index contributed by atoms with van der Waals surface area (Å²) in [5.74, 6) is 0.288. The van der Waals surface area contributed by atoms with Crippen molar-refractivity contribution in [1.82, 2.24) is 9.88 Å². The van der Waals surface area contributed by atoms with Gasteiger partial charge < -0.3 is 19.4 Å². The summed E-state index contributed by atoms with van der Waals surface area (Å²) in [5.41, 5.74) is 0.944. The van der Waals surface area contributed by atoms with Crippen molar-refractivity contribution in [3.63, 3.8) is 0 Å². The zero-order valence-corrected chi connectivity index (χ0v) is 12.7. The lowest BCUT2D eigenvalue weighted by Gasteiger charge is -2.40. The lowest BCUT2D eigenvalue weighted by molar-refractivity contribution is -0.0460. The fourth-order valence-corrected chi connectivity index (χ4v) is 3.67. The molecule has 3 rings (SSSR count). The van der Waals surface area contributed by atoms with Crippen LogP contribution in [0.2, 0.25) is 0 Å². The van der Waals surface area contributed by atoms with Crippen LogP contribution < -0.4 is 0 Å². The van der Waals surface area contributed by atoms with E-state index in [1.54, 1.807) is 19.4 Å². The van der Waals surface area contributed by atoms with Crippen molar-refractivity contribution in [3.05, 3.63) is 23.5 Å². The summed E-state index contributed by atoms with van der Waals surface area (Å²) >= 11 is 0. The molecule has 2 fully saturated rings. The lowest BCUT2D eigenvalue weighted by atomic mass is 9.93. The Bertz CT molecular complexity index is 577. The molecule has 1 aliphatic heterocycles. The second-order valence-corrected chi connectivity index (χ2v) is 5.92. The fourth-order valence-electron chi connectivity index (χ4n) is 3.67. The average Bonchev–Trinajstić information content (AvgIpc) is 3.22. The van der Waals surface area contributed by atoms with Crippen LogP contribution in [0.4, 0.5) is 0 Å². The standard InChI is InChI=1S/C16H21N3O3/c1-21-15-4-2-3-13(15)14-10-22-6-5-19(14)16(20)11-7-12(8-17)18-9-11/h7,9,13-15,18H,2-6,10H2,1H3/t13-,14+,15+/m0/s1. The van der Waals surface area contributed by atoms with Gasteiger partial charge in [0.05, 0.1) is 30.9 Å². The van der Waals surface area contributed by atoms with Crippen LogP contribution in [-0.4, -0.2) is 54.8 Å². The molecule has 6 heteroatoms. The molecule has 0 bridgehead atoms. The SMILES string of the molecule is CO[C@@H]1CCC[C@H]1[C@H]1COCCN1C(=O)c1c[nH]c(C#N)c1. The van der Waals surface area contributed by atoms with Crippen molar-refractivity contribution >= 4 is 5.91 Å². The number of aromatic amines is 1. The van der Waals surface area contributed by atoms with Crippen LogP contribution in [-0.2, 0) is 9.47 Å². The summed E-state index contributed by atoms with van der Waals surface area (Å²) < 4.78 is 11.2. The number of morpholine rings is 1. The molecule has 0 unspecified atom stereocenters. The van der Waals surface area contributed by atoms with Crippen molar-refractivity contribution in [2.75, 3.05) is 26.9 Å². The number of hydrogen-bond acceptors (Lipinski definition) is 4. The first-order chi connectivity index (χ1) is 10.7. The molecule has 1 amide bonds. The Hall–Kier alpha value is -1.84. The van der Waals surface area contributed by atoms with Gasteiger partial charge in [-0.25, -0.2) is 0 Å². The van der Waals surface area contributed by atoms with Gasteiger partial charge in [-0.1, -0.05) is 6.42 Å². The van der Waals surface area contributed by atoms with Crippen LogP contribution in [0.3, 0.4) is 0 Å². The summed E-state index contributed by atoms with van der Waals surface area (Å²) in [5, 5.41) is 8.89. The van der Waals surface area contributed by atoms with E-state index in [1.165, 1.54) is 0 Å². The van der Waals surface area contributed by atoms with Crippen molar-refractivity contribution in [1.29, 1.82) is 5.26 Å². The Kier molecular flexibility index (Phi) is 4.46. The zero-order valence-electron chi connectivity index (χ0n) is 12.7. The fraction of sp³-hybridized carbons (Fsp3) is 0.625. The Morgan fingerprint density at radius 3 is 3.14 bits per heavy atom. The number of hydrogen-bond donors (Lipinski definition) is 1. The predicted octanol–water partition coefficient (Wildman–Crippen LogP) is 1.54. The monoisotopic (exact) mass is 303 g/mol. The number of carbonyl (C=O) groups excluding carboxylic acids is 1. The molecule has 0 radical (unpaired) electrons. The number of ether oxygens (including phenoxy) is 2. The number of nitrogens with zero attached hydrogens (tertiary/aromatic N) is 2. The van der Waals surface area contributed by atoms with E-state index < -0.39 is 0 Å². The molecule has 6 nitrogen and oxygen atoms in total. The number of H-pyrrole nitrogens is 1. The first kappa shape index (κ1) is 15.1. The third-order valence-electron chi connectivity index (χ3n) is 4.78. The highest BCUT2D eigenvalue weighted by atomic mass is 16.5. The quantitative estimate of drug-likeness (QED) is 0.918. The average molecular weight is 303 g/mol. The minimum Gasteiger partial charge on any atom is -0.381 e. The van der Waals surface area contributed by atoms with E-state index in [9.17, 15) is 4.79 Å². The lowest BCUT2D eigenvalue weighted by Crippen LogP contribution is -2.53. The first-order valence-corrected chi connectivity index (χ1v) is 7.74. The van der Waals surface area contributed by atoms with E-state index in [-0.39, 0.29) is 18.1 Å². The highest BCUT2D eigenvalue weighted by Crippen LogP contribution is 2.34. The molecular formula is C16H21N3O3. The van der Waals surface area contributed by atoms with E-state index >= 15 is 0 Å². The number of nitriles is 1. The maximum absolute atomic E-state index is 12.8. The Labute approximate surface area is 130 Å². The van der Waals surface area contributed by atoms with Crippen molar-refractivity contribution in [3.8, 4) is 6.07 Å². The molecule has 1 N–H and O–H groups in total. The molecule has 1 saturated carbocycles. The van der Waals surface area contributed by atoms with Crippen LogP contribution in [0.1, 0.15) is 35.3 Å². The number of nitrogens with one attached hydrogen (secondary N) is 1. The molecule has 2 aliphatic rings. The van der Waals surface area contributed by atoms with Gasteiger partial charge in [0, 0.05) is 25.8 Å². The number of amides is 1. The van der Waals surface area contributed by atoms with E-state index in [4.69, 9.17) is 14.7 Å². The number of methoxy groups -OCH3 is 1. The van der Waals surface area contributed by atoms with Crippen LogP contribution >= 0.6 is 0 Å². The second kappa shape index (κ2) is 6.51. The molecule has 118 valence electrons. The Morgan fingerprint density at radius 1 is 1.55 bits per heavy atom. The summed E-state index contributed by atoms with van der Waals surface area (Å²) in [6, 6.07) is 3.68. The van der Waals surface area contributed by atoms with Gasteiger partial charge in [0.1, 0.15) is 11.8 Å². The second-order valence-electron chi connectivity index (χ2n) is 5.92.